The monoisotopic (exact) mass is 403 g/mol. The number of carboxylic acids is 1. The van der Waals surface area contributed by atoms with Gasteiger partial charge in [0, 0.05) is 9.49 Å². The van der Waals surface area contributed by atoms with E-state index >= 15 is 0 Å². The molecule has 0 unspecified atom stereocenters. The first-order valence-electron chi connectivity index (χ1n) is 6.05. The lowest BCUT2D eigenvalue weighted by Crippen LogP contribution is -2.06. The van der Waals surface area contributed by atoms with Gasteiger partial charge in [-0.2, -0.15) is 0 Å². The number of aromatic nitrogens is 3. The van der Waals surface area contributed by atoms with E-state index in [0.717, 1.165) is 15.1 Å². The Labute approximate surface area is 134 Å². The molecule has 0 aliphatic carbocycles. The largest absolute Gasteiger partial charge is 0.481 e. The minimum atomic E-state index is -0.863. The fraction of sp³-hybridized carbons (Fsp3) is 0.308. The second kappa shape index (κ2) is 6.57. The summed E-state index contributed by atoms with van der Waals surface area (Å²) >= 11 is 3.43. The van der Waals surface area contributed by atoms with Crippen LogP contribution in [0.2, 0.25) is 0 Å². The van der Waals surface area contributed by atoms with Crippen LogP contribution in [0.5, 0.6) is 0 Å². The number of carbonyl (C=O) groups is 1. The minimum Gasteiger partial charge on any atom is -0.481 e. The number of carboxylic acid groups (broad SMARTS) is 1. The smallest absolute Gasteiger partial charge is 0.313 e. The fourth-order valence-electron chi connectivity index (χ4n) is 1.73. The first-order valence-corrected chi connectivity index (χ1v) is 8.11. The molecule has 0 aliphatic rings. The van der Waals surface area contributed by atoms with Crippen molar-refractivity contribution >= 4 is 40.3 Å². The molecule has 7 heteroatoms. The van der Waals surface area contributed by atoms with Crippen LogP contribution in [0.3, 0.4) is 0 Å². The number of rotatable bonds is 5. The lowest BCUT2D eigenvalue weighted by Gasteiger charge is -2.12. The van der Waals surface area contributed by atoms with E-state index in [0.29, 0.717) is 5.16 Å². The molecule has 0 saturated carbocycles. The van der Waals surface area contributed by atoms with Gasteiger partial charge in [0.25, 0.3) is 0 Å². The highest BCUT2D eigenvalue weighted by Crippen LogP contribution is 2.26. The van der Waals surface area contributed by atoms with Crippen LogP contribution in [-0.4, -0.2) is 31.6 Å². The van der Waals surface area contributed by atoms with E-state index in [4.69, 9.17) is 5.11 Å². The summed E-state index contributed by atoms with van der Waals surface area (Å²) < 4.78 is 3.04. The zero-order valence-electron chi connectivity index (χ0n) is 11.1. The maximum Gasteiger partial charge on any atom is 0.313 e. The molecule has 0 saturated heterocycles. The molecule has 2 rings (SSSR count). The van der Waals surface area contributed by atoms with Gasteiger partial charge in [0.05, 0.1) is 11.4 Å². The molecule has 0 spiro atoms. The van der Waals surface area contributed by atoms with E-state index in [9.17, 15) is 4.79 Å². The van der Waals surface area contributed by atoms with Crippen molar-refractivity contribution in [3.63, 3.8) is 0 Å². The van der Waals surface area contributed by atoms with Crippen LogP contribution in [0, 0.1) is 3.57 Å². The molecular formula is C13H14IN3O2S. The second-order valence-electron chi connectivity index (χ2n) is 4.49. The van der Waals surface area contributed by atoms with Crippen molar-refractivity contribution in [1.29, 1.82) is 0 Å². The molecule has 0 fully saturated rings. The summed E-state index contributed by atoms with van der Waals surface area (Å²) in [5, 5.41) is 17.7. The molecule has 1 heterocycles. The zero-order chi connectivity index (χ0) is 14.7. The Morgan fingerprint density at radius 1 is 1.45 bits per heavy atom. The number of benzene rings is 1. The van der Waals surface area contributed by atoms with E-state index in [1.807, 2.05) is 42.7 Å². The Hall–Kier alpha value is -1.09. The molecule has 1 N–H and O–H groups in total. The summed E-state index contributed by atoms with van der Waals surface area (Å²) in [6.07, 6.45) is 0. The van der Waals surface area contributed by atoms with E-state index in [2.05, 4.69) is 32.8 Å². The molecule has 0 amide bonds. The van der Waals surface area contributed by atoms with Gasteiger partial charge in [-0.3, -0.25) is 9.36 Å². The topological polar surface area (TPSA) is 68.0 Å². The highest BCUT2D eigenvalue weighted by Gasteiger charge is 2.17. The Bertz CT molecular complexity index is 628. The summed E-state index contributed by atoms with van der Waals surface area (Å²) in [7, 11) is 0. The molecule has 0 radical (unpaired) electrons. The highest BCUT2D eigenvalue weighted by atomic mass is 127. The van der Waals surface area contributed by atoms with E-state index < -0.39 is 5.97 Å². The molecule has 0 aliphatic heterocycles. The molecule has 106 valence electrons. The highest BCUT2D eigenvalue weighted by molar-refractivity contribution is 14.1. The molecule has 5 nitrogen and oxygen atoms in total. The van der Waals surface area contributed by atoms with Crippen LogP contribution in [0.4, 0.5) is 0 Å². The van der Waals surface area contributed by atoms with Gasteiger partial charge in [-0.15, -0.1) is 10.2 Å². The zero-order valence-corrected chi connectivity index (χ0v) is 14.1. The van der Waals surface area contributed by atoms with Crippen LogP contribution >= 0.6 is 34.4 Å². The third-order valence-corrected chi connectivity index (χ3v) is 4.15. The summed E-state index contributed by atoms with van der Waals surface area (Å²) in [5.41, 5.74) is 0.957. The van der Waals surface area contributed by atoms with Crippen molar-refractivity contribution in [3.05, 3.63) is 33.7 Å². The van der Waals surface area contributed by atoms with Crippen LogP contribution in [0.25, 0.3) is 5.69 Å². The van der Waals surface area contributed by atoms with Crippen molar-refractivity contribution in [1.82, 2.24) is 14.8 Å². The van der Waals surface area contributed by atoms with Crippen LogP contribution in [-0.2, 0) is 4.79 Å². The Balaban J connectivity index is 2.46. The van der Waals surface area contributed by atoms with Gasteiger partial charge in [0.15, 0.2) is 5.16 Å². The van der Waals surface area contributed by atoms with E-state index in [1.165, 1.54) is 11.8 Å². The summed E-state index contributed by atoms with van der Waals surface area (Å²) in [5.74, 6) is 0.151. The number of halogens is 1. The van der Waals surface area contributed by atoms with Gasteiger partial charge in [0.1, 0.15) is 5.82 Å². The summed E-state index contributed by atoms with van der Waals surface area (Å²) in [6, 6.07) is 7.98. The van der Waals surface area contributed by atoms with E-state index in [-0.39, 0.29) is 11.7 Å². The van der Waals surface area contributed by atoms with Crippen LogP contribution < -0.4 is 0 Å². The van der Waals surface area contributed by atoms with Gasteiger partial charge in [0.2, 0.25) is 0 Å². The Kier molecular flexibility index (Phi) is 5.03. The number of hydrogen-bond acceptors (Lipinski definition) is 4. The van der Waals surface area contributed by atoms with Gasteiger partial charge in [-0.05, 0) is 40.8 Å². The average molecular weight is 403 g/mol. The first kappa shape index (κ1) is 15.3. The maximum absolute atomic E-state index is 10.7. The first-order chi connectivity index (χ1) is 9.49. The number of nitrogens with zero attached hydrogens (tertiary/aromatic N) is 3. The van der Waals surface area contributed by atoms with Gasteiger partial charge in [-0.1, -0.05) is 31.7 Å². The molecule has 0 bridgehead atoms. The Morgan fingerprint density at radius 3 is 2.80 bits per heavy atom. The number of aliphatic carboxylic acids is 1. The quantitative estimate of drug-likeness (QED) is 0.614. The summed E-state index contributed by atoms with van der Waals surface area (Å²) in [6.45, 7) is 4.08. The van der Waals surface area contributed by atoms with Gasteiger partial charge in [-0.25, -0.2) is 0 Å². The molecule has 1 aromatic carbocycles. The third kappa shape index (κ3) is 3.51. The Morgan fingerprint density at radius 2 is 2.20 bits per heavy atom. The van der Waals surface area contributed by atoms with Gasteiger partial charge < -0.3 is 5.11 Å². The molecule has 0 atom stereocenters. The molecule has 20 heavy (non-hydrogen) atoms. The minimum absolute atomic E-state index is 0.0276. The van der Waals surface area contributed by atoms with Gasteiger partial charge >= 0.3 is 5.97 Å². The van der Waals surface area contributed by atoms with Crippen molar-refractivity contribution in [2.45, 2.75) is 24.9 Å². The summed E-state index contributed by atoms with van der Waals surface area (Å²) in [4.78, 5) is 10.7. The van der Waals surface area contributed by atoms with Crippen LogP contribution in [0.15, 0.2) is 29.4 Å². The predicted molar refractivity (Wildman–Crippen MR) is 86.5 cm³/mol. The molecular weight excluding hydrogens is 389 g/mol. The third-order valence-electron chi connectivity index (χ3n) is 2.57. The lowest BCUT2D eigenvalue weighted by molar-refractivity contribution is -0.133. The standard InChI is InChI=1S/C13H14IN3O2S/c1-8(2)12-15-16-13(20-7-11(18)19)17(12)10-5-3-4-9(14)6-10/h3-6,8H,7H2,1-2H3,(H,18,19). The second-order valence-corrected chi connectivity index (χ2v) is 6.68. The van der Waals surface area contributed by atoms with Crippen LogP contribution in [0.1, 0.15) is 25.6 Å². The number of hydrogen-bond donors (Lipinski definition) is 1. The normalized spacial score (nSPS) is 11.0. The lowest BCUT2D eigenvalue weighted by atomic mass is 10.2. The van der Waals surface area contributed by atoms with Crippen molar-refractivity contribution in [2.24, 2.45) is 0 Å². The van der Waals surface area contributed by atoms with Crippen molar-refractivity contribution < 1.29 is 9.90 Å². The van der Waals surface area contributed by atoms with Crippen molar-refractivity contribution in [3.8, 4) is 5.69 Å². The predicted octanol–water partition coefficient (Wildman–Crippen LogP) is 3.17. The fourth-order valence-corrected chi connectivity index (χ4v) is 2.94. The average Bonchev–Trinajstić information content (AvgIpc) is 2.80. The SMILES string of the molecule is CC(C)c1nnc(SCC(=O)O)n1-c1cccc(I)c1. The number of thioether (sulfide) groups is 1. The maximum atomic E-state index is 10.7. The van der Waals surface area contributed by atoms with E-state index in [1.54, 1.807) is 0 Å². The van der Waals surface area contributed by atoms with Crippen molar-refractivity contribution in [2.75, 3.05) is 5.75 Å². The molecule has 2 aromatic rings. The molecule has 1 aromatic heterocycles.